The normalized spacial score (nSPS) is 8.43. The van der Waals surface area contributed by atoms with Crippen LogP contribution in [0.4, 0.5) is 0 Å². The zero-order valence-corrected chi connectivity index (χ0v) is 11.0. The van der Waals surface area contributed by atoms with Gasteiger partial charge in [0.25, 0.3) is 0 Å². The molecule has 5 heteroatoms. The summed E-state index contributed by atoms with van der Waals surface area (Å²) in [6.07, 6.45) is 3.11. The van der Waals surface area contributed by atoms with E-state index < -0.39 is 10.8 Å². The Morgan fingerprint density at radius 1 is 1.29 bits per heavy atom. The second-order valence-corrected chi connectivity index (χ2v) is 4.73. The van der Waals surface area contributed by atoms with Crippen molar-refractivity contribution in [1.29, 1.82) is 0 Å². The van der Waals surface area contributed by atoms with Crippen LogP contribution in [0.2, 0.25) is 0 Å². The minimum atomic E-state index is -0.611. The summed E-state index contributed by atoms with van der Waals surface area (Å²) in [5.74, 6) is 0.0926. The van der Waals surface area contributed by atoms with Gasteiger partial charge >= 0.3 is 0 Å². The van der Waals surface area contributed by atoms with Gasteiger partial charge in [-0.05, 0) is 13.8 Å². The maximum absolute atomic E-state index is 10.1. The Kier molecular flexibility index (Phi) is 17.3. The predicted molar refractivity (Wildman–Crippen MR) is 61.7 cm³/mol. The molecule has 0 saturated carbocycles. The van der Waals surface area contributed by atoms with E-state index in [1.54, 1.807) is 40.5 Å². The number of aliphatic hydroxyl groups excluding tert-OH is 1. The number of nitrogens with zero attached hydrogens (tertiary/aromatic N) is 1. The summed E-state index contributed by atoms with van der Waals surface area (Å²) < 4.78 is 9.56. The molecule has 4 nitrogen and oxygen atoms in total. The van der Waals surface area contributed by atoms with Crippen molar-refractivity contribution in [2.45, 2.75) is 26.9 Å². The van der Waals surface area contributed by atoms with E-state index in [1.165, 1.54) is 11.8 Å². The van der Waals surface area contributed by atoms with E-state index in [4.69, 9.17) is 5.11 Å². The number of hydrogen-bond donors (Lipinski definition) is 1. The van der Waals surface area contributed by atoms with Crippen LogP contribution in [0.1, 0.15) is 20.8 Å². The predicted octanol–water partition coefficient (Wildman–Crippen LogP) is 0.476. The van der Waals surface area contributed by atoms with Crippen LogP contribution in [-0.4, -0.2) is 52.8 Å². The average molecular weight is 225 g/mol. The first-order chi connectivity index (χ1) is 6.11. The van der Waals surface area contributed by atoms with Crippen LogP contribution in [0.3, 0.4) is 0 Å². The van der Waals surface area contributed by atoms with Crippen LogP contribution in [0.15, 0.2) is 0 Å². The lowest BCUT2D eigenvalue weighted by Crippen LogP contribution is -2.17. The van der Waals surface area contributed by atoms with Gasteiger partial charge in [-0.1, -0.05) is 0 Å². The highest BCUT2D eigenvalue weighted by atomic mass is 32.2. The fraction of sp³-hybridized carbons (Fsp3) is 0.889. The standard InChI is InChI=1S/C4H9NO.C3H8O.C2H6OS/c1-4(6)5(2)3;1-3(2)4;1-4(2)3/h1-3H3;3-4H,1-2H3;1-2H3. The van der Waals surface area contributed by atoms with Crippen molar-refractivity contribution in [3.05, 3.63) is 0 Å². The summed E-state index contributed by atoms with van der Waals surface area (Å²) in [4.78, 5) is 11.6. The quantitative estimate of drug-likeness (QED) is 0.652. The average Bonchev–Trinajstić information content (AvgIpc) is 1.83. The third-order valence-corrected chi connectivity index (χ3v) is 0.630. The maximum Gasteiger partial charge on any atom is 0.218 e. The van der Waals surface area contributed by atoms with Crippen LogP contribution in [0.25, 0.3) is 0 Å². The Balaban J connectivity index is -0.000000135. The van der Waals surface area contributed by atoms with Crippen molar-refractivity contribution in [2.75, 3.05) is 26.6 Å². The SMILES string of the molecule is CC(=O)N(C)C.CC(C)O.CS(C)=O. The molecule has 0 radical (unpaired) electrons. The van der Waals surface area contributed by atoms with E-state index in [2.05, 4.69) is 0 Å². The second kappa shape index (κ2) is 12.6. The van der Waals surface area contributed by atoms with Gasteiger partial charge in [-0.2, -0.15) is 0 Å². The summed E-state index contributed by atoms with van der Waals surface area (Å²) in [7, 11) is 2.84. The molecule has 0 aromatic rings. The van der Waals surface area contributed by atoms with Crippen molar-refractivity contribution in [1.82, 2.24) is 4.90 Å². The van der Waals surface area contributed by atoms with Gasteiger partial charge in [0.2, 0.25) is 5.91 Å². The number of aliphatic hydroxyl groups is 1. The number of hydrogen-bond acceptors (Lipinski definition) is 3. The van der Waals surface area contributed by atoms with Gasteiger partial charge in [0.05, 0.1) is 0 Å². The Morgan fingerprint density at radius 3 is 1.36 bits per heavy atom. The van der Waals surface area contributed by atoms with E-state index in [0.29, 0.717) is 0 Å². The molecule has 0 aromatic heterocycles. The number of carbonyl (C=O) groups is 1. The van der Waals surface area contributed by atoms with Crippen LogP contribution < -0.4 is 0 Å². The van der Waals surface area contributed by atoms with Gasteiger partial charge in [0, 0.05) is 50.4 Å². The van der Waals surface area contributed by atoms with E-state index in [0.717, 1.165) is 0 Å². The van der Waals surface area contributed by atoms with Gasteiger partial charge in [0.1, 0.15) is 0 Å². The third-order valence-electron chi connectivity index (χ3n) is 0.630. The first kappa shape index (κ1) is 19.2. The number of amides is 1. The molecule has 0 aliphatic rings. The van der Waals surface area contributed by atoms with Crippen molar-refractivity contribution in [3.8, 4) is 0 Å². The molecule has 1 N–H and O–H groups in total. The lowest BCUT2D eigenvalue weighted by molar-refractivity contribution is -0.126. The van der Waals surface area contributed by atoms with Crippen LogP contribution in [-0.2, 0) is 15.6 Å². The van der Waals surface area contributed by atoms with Crippen LogP contribution >= 0.6 is 0 Å². The molecule has 14 heavy (non-hydrogen) atoms. The number of rotatable bonds is 0. The second-order valence-electron chi connectivity index (χ2n) is 3.25. The molecule has 0 heterocycles. The zero-order valence-electron chi connectivity index (χ0n) is 10.2. The monoisotopic (exact) mass is 225 g/mol. The van der Waals surface area contributed by atoms with Crippen LogP contribution in [0.5, 0.6) is 0 Å². The molecule has 0 saturated heterocycles. The van der Waals surface area contributed by atoms with Crippen molar-refractivity contribution < 1.29 is 14.1 Å². The van der Waals surface area contributed by atoms with Gasteiger partial charge in [-0.25, -0.2) is 0 Å². The molecule has 0 atom stereocenters. The van der Waals surface area contributed by atoms with E-state index in [-0.39, 0.29) is 12.0 Å². The maximum atomic E-state index is 10.1. The summed E-state index contributed by atoms with van der Waals surface area (Å²) in [6, 6.07) is 0. The Labute approximate surface area is 89.8 Å². The van der Waals surface area contributed by atoms with E-state index in [1.807, 2.05) is 0 Å². The Morgan fingerprint density at radius 2 is 1.36 bits per heavy atom. The molecule has 0 bridgehead atoms. The largest absolute Gasteiger partial charge is 0.394 e. The first-order valence-electron chi connectivity index (χ1n) is 4.22. The summed E-state index contributed by atoms with van der Waals surface area (Å²) in [6.45, 7) is 4.97. The fourth-order valence-electron chi connectivity index (χ4n) is 0. The molecule has 0 aliphatic heterocycles. The molecule has 0 rings (SSSR count). The zero-order chi connectivity index (χ0) is 12.3. The van der Waals surface area contributed by atoms with Crippen molar-refractivity contribution in [2.24, 2.45) is 0 Å². The Hall–Kier alpha value is -0.420. The molecule has 0 unspecified atom stereocenters. The first-order valence-corrected chi connectivity index (χ1v) is 6.18. The molecule has 0 aromatic carbocycles. The minimum Gasteiger partial charge on any atom is -0.394 e. The lowest BCUT2D eigenvalue weighted by atomic mass is 10.5. The lowest BCUT2D eigenvalue weighted by Gasteiger charge is -2.02. The molecule has 1 amide bonds. The minimum absolute atomic E-state index is 0.0926. The van der Waals surface area contributed by atoms with Crippen LogP contribution in [0, 0.1) is 0 Å². The van der Waals surface area contributed by atoms with E-state index >= 15 is 0 Å². The van der Waals surface area contributed by atoms with Crippen molar-refractivity contribution in [3.63, 3.8) is 0 Å². The fourth-order valence-corrected chi connectivity index (χ4v) is 0. The highest BCUT2D eigenvalue weighted by Crippen LogP contribution is 1.69. The Bertz CT molecular complexity index is 151. The number of carbonyl (C=O) groups excluding carboxylic acids is 1. The van der Waals surface area contributed by atoms with Gasteiger partial charge in [-0.3, -0.25) is 9.00 Å². The molecule has 0 aliphatic carbocycles. The third kappa shape index (κ3) is 101. The van der Waals surface area contributed by atoms with Gasteiger partial charge in [-0.15, -0.1) is 0 Å². The molecular formula is C9H23NO3S. The molecule has 88 valence electrons. The molecular weight excluding hydrogens is 202 g/mol. The highest BCUT2D eigenvalue weighted by molar-refractivity contribution is 7.83. The topological polar surface area (TPSA) is 57.6 Å². The smallest absolute Gasteiger partial charge is 0.218 e. The van der Waals surface area contributed by atoms with Crippen molar-refractivity contribution >= 4 is 16.7 Å². The summed E-state index contributed by atoms with van der Waals surface area (Å²) in [5.41, 5.74) is 0. The molecule has 0 spiro atoms. The summed E-state index contributed by atoms with van der Waals surface area (Å²) in [5, 5.41) is 8.06. The van der Waals surface area contributed by atoms with Gasteiger partial charge < -0.3 is 10.0 Å². The highest BCUT2D eigenvalue weighted by Gasteiger charge is 1.87. The molecule has 0 fully saturated rings. The van der Waals surface area contributed by atoms with Gasteiger partial charge in [0.15, 0.2) is 0 Å². The van der Waals surface area contributed by atoms with E-state index in [9.17, 15) is 9.00 Å². The summed E-state index contributed by atoms with van der Waals surface area (Å²) >= 11 is 0.